The average Bonchev–Trinajstić information content (AvgIpc) is 3.32. The van der Waals surface area contributed by atoms with Gasteiger partial charge in [0.05, 0.1) is 39.6 Å². The van der Waals surface area contributed by atoms with Crippen LogP contribution in [0.4, 0.5) is 0 Å². The summed E-state index contributed by atoms with van der Waals surface area (Å²) in [5.41, 5.74) is 0. The van der Waals surface area contributed by atoms with Gasteiger partial charge in [-0.2, -0.15) is 0 Å². The van der Waals surface area contributed by atoms with E-state index in [9.17, 15) is 14.7 Å². The SMILES string of the molecule is CCCCCCCCCCCCCCCCOCC(CO)OCCCCCCC(=O)OCC.CCCCCCCCCCCCCCCCOCC(COC)OCCCCCCC(=O)OCC. The van der Waals surface area contributed by atoms with Crippen molar-refractivity contribution in [3.8, 4) is 0 Å². The second-order valence-corrected chi connectivity index (χ2v) is 18.9. The lowest BCUT2D eigenvalue weighted by Gasteiger charge is -2.17. The molecule has 0 aliphatic heterocycles. The highest BCUT2D eigenvalue weighted by Gasteiger charge is 2.10. The van der Waals surface area contributed by atoms with Crippen molar-refractivity contribution >= 4 is 11.9 Å². The van der Waals surface area contributed by atoms with Crippen LogP contribution in [0.15, 0.2) is 0 Å². The maximum absolute atomic E-state index is 11.3. The van der Waals surface area contributed by atoms with E-state index in [1.165, 1.54) is 167 Å². The fourth-order valence-electron chi connectivity index (χ4n) is 8.13. The van der Waals surface area contributed by atoms with Crippen molar-refractivity contribution in [2.75, 3.05) is 73.2 Å². The number of carbonyl (C=O) groups is 2. The molecule has 0 spiro atoms. The summed E-state index contributed by atoms with van der Waals surface area (Å²) in [6, 6.07) is 0. The van der Waals surface area contributed by atoms with Gasteiger partial charge in [0.25, 0.3) is 0 Å². The number of unbranched alkanes of at least 4 members (excludes halogenated alkanes) is 32. The van der Waals surface area contributed by atoms with Crippen LogP contribution in [-0.4, -0.2) is 102 Å². The van der Waals surface area contributed by atoms with E-state index >= 15 is 0 Å². The summed E-state index contributed by atoms with van der Waals surface area (Å²) in [5, 5.41) is 9.45. The molecule has 0 aromatic carbocycles. The molecule has 0 heterocycles. The molecule has 0 saturated heterocycles. The number of ether oxygens (including phenoxy) is 7. The van der Waals surface area contributed by atoms with Gasteiger partial charge < -0.3 is 38.3 Å². The Morgan fingerprint density at radius 2 is 0.642 bits per heavy atom. The second kappa shape index (κ2) is 60.8. The van der Waals surface area contributed by atoms with Gasteiger partial charge in [-0.05, 0) is 52.4 Å². The standard InChI is InChI=1S/C29H58O5.C28H56O5/c1-4-6-7-8-9-10-11-12-13-14-15-16-18-21-24-32-27-28(26-31-3)34-25-22-19-17-20-23-29(30)33-5-2;1-3-5-6-7-8-9-10-11-12-13-14-15-17-20-23-31-26-27(25-29)33-24-21-18-16-19-22-28(30)32-4-2/h28H,4-27H2,1-3H3;27,29H,3-26H2,1-2H3. The third kappa shape index (κ3) is 58.9. The molecule has 402 valence electrons. The molecule has 10 heteroatoms. The molecule has 0 aromatic rings. The van der Waals surface area contributed by atoms with Crippen LogP contribution in [0.25, 0.3) is 0 Å². The van der Waals surface area contributed by atoms with E-state index in [4.69, 9.17) is 33.2 Å². The van der Waals surface area contributed by atoms with E-state index in [1.807, 2.05) is 13.8 Å². The number of carbonyl (C=O) groups excluding carboxylic acids is 2. The summed E-state index contributed by atoms with van der Waals surface area (Å²) in [6.45, 7) is 13.7. The summed E-state index contributed by atoms with van der Waals surface area (Å²) >= 11 is 0. The first-order chi connectivity index (χ1) is 33.0. The van der Waals surface area contributed by atoms with Crippen LogP contribution in [0.2, 0.25) is 0 Å². The van der Waals surface area contributed by atoms with E-state index in [1.54, 1.807) is 7.11 Å². The van der Waals surface area contributed by atoms with Gasteiger partial charge in [0, 0.05) is 46.4 Å². The van der Waals surface area contributed by atoms with Crippen molar-refractivity contribution in [3.05, 3.63) is 0 Å². The van der Waals surface area contributed by atoms with Crippen LogP contribution in [0.5, 0.6) is 0 Å². The lowest BCUT2D eigenvalue weighted by atomic mass is 10.0. The van der Waals surface area contributed by atoms with Crippen LogP contribution in [0, 0.1) is 0 Å². The van der Waals surface area contributed by atoms with E-state index in [0.29, 0.717) is 52.5 Å². The largest absolute Gasteiger partial charge is 0.466 e. The molecule has 2 unspecified atom stereocenters. The Hall–Kier alpha value is -1.30. The number of hydrogen-bond acceptors (Lipinski definition) is 10. The predicted molar refractivity (Wildman–Crippen MR) is 280 cm³/mol. The number of aliphatic hydroxyl groups excluding tert-OH is 1. The molecule has 0 radical (unpaired) electrons. The van der Waals surface area contributed by atoms with Gasteiger partial charge in [0.1, 0.15) is 12.2 Å². The van der Waals surface area contributed by atoms with Gasteiger partial charge in [-0.3, -0.25) is 9.59 Å². The number of hydrogen-bond donors (Lipinski definition) is 1. The van der Waals surface area contributed by atoms with Crippen molar-refractivity contribution in [1.82, 2.24) is 0 Å². The smallest absolute Gasteiger partial charge is 0.305 e. The van der Waals surface area contributed by atoms with Gasteiger partial charge in [-0.25, -0.2) is 0 Å². The lowest BCUT2D eigenvalue weighted by Crippen LogP contribution is -2.26. The molecule has 0 fully saturated rings. The first kappa shape index (κ1) is 67.8. The minimum Gasteiger partial charge on any atom is -0.466 e. The van der Waals surface area contributed by atoms with E-state index in [0.717, 1.165) is 84.0 Å². The Bertz CT molecular complexity index is 936. The fraction of sp³-hybridized carbons (Fsp3) is 0.965. The average molecular weight is 960 g/mol. The molecule has 1 N–H and O–H groups in total. The fourth-order valence-corrected chi connectivity index (χ4v) is 8.13. The van der Waals surface area contributed by atoms with Crippen LogP contribution < -0.4 is 0 Å². The summed E-state index contributed by atoms with van der Waals surface area (Å²) in [4.78, 5) is 22.6. The molecule has 0 aliphatic rings. The zero-order chi connectivity index (χ0) is 49.2. The van der Waals surface area contributed by atoms with Crippen LogP contribution in [-0.2, 0) is 42.7 Å². The quantitative estimate of drug-likeness (QED) is 0.0466. The lowest BCUT2D eigenvalue weighted by molar-refractivity contribution is -0.144. The summed E-state index contributed by atoms with van der Waals surface area (Å²) in [5.74, 6) is -0.195. The predicted octanol–water partition coefficient (Wildman–Crippen LogP) is 15.4. The topological polar surface area (TPSA) is 119 Å². The molecule has 0 rings (SSSR count). The highest BCUT2D eigenvalue weighted by molar-refractivity contribution is 5.69. The van der Waals surface area contributed by atoms with Gasteiger partial charge in [0.15, 0.2) is 0 Å². The number of aliphatic hydroxyl groups is 1. The van der Waals surface area contributed by atoms with Crippen molar-refractivity contribution in [3.63, 3.8) is 0 Å². The molecular formula is C57H114O10. The third-order valence-electron chi connectivity index (χ3n) is 12.3. The van der Waals surface area contributed by atoms with Crippen molar-refractivity contribution < 1.29 is 47.9 Å². The summed E-state index contributed by atoms with van der Waals surface area (Å²) in [6.07, 6.45) is 46.9. The van der Waals surface area contributed by atoms with Crippen LogP contribution >= 0.6 is 0 Å². The zero-order valence-electron chi connectivity index (χ0n) is 45.2. The minimum atomic E-state index is -0.226. The summed E-state index contributed by atoms with van der Waals surface area (Å²) < 4.78 is 38.3. The third-order valence-corrected chi connectivity index (χ3v) is 12.3. The Kier molecular flexibility index (Phi) is 61.5. The molecule has 0 aliphatic carbocycles. The molecule has 0 bridgehead atoms. The highest BCUT2D eigenvalue weighted by Crippen LogP contribution is 2.15. The summed E-state index contributed by atoms with van der Waals surface area (Å²) in [7, 11) is 1.71. The molecule has 0 amide bonds. The van der Waals surface area contributed by atoms with E-state index in [-0.39, 0.29) is 30.8 Å². The first-order valence-corrected chi connectivity index (χ1v) is 28.8. The molecule has 0 aromatic heterocycles. The Balaban J connectivity index is 0. The van der Waals surface area contributed by atoms with Gasteiger partial charge in [-0.15, -0.1) is 0 Å². The second-order valence-electron chi connectivity index (χ2n) is 18.9. The monoisotopic (exact) mass is 959 g/mol. The van der Waals surface area contributed by atoms with Crippen LogP contribution in [0.3, 0.4) is 0 Å². The number of esters is 2. The minimum absolute atomic E-state index is 0.00159. The normalized spacial score (nSPS) is 12.2. The Labute approximate surface area is 415 Å². The number of rotatable bonds is 55. The maximum atomic E-state index is 11.3. The maximum Gasteiger partial charge on any atom is 0.305 e. The molecular weight excluding hydrogens is 845 g/mol. The van der Waals surface area contributed by atoms with Gasteiger partial charge in [0.2, 0.25) is 0 Å². The molecule has 67 heavy (non-hydrogen) atoms. The Morgan fingerprint density at radius 1 is 0.358 bits per heavy atom. The van der Waals surface area contributed by atoms with E-state index < -0.39 is 0 Å². The number of methoxy groups -OCH3 is 1. The van der Waals surface area contributed by atoms with Crippen molar-refractivity contribution in [2.24, 2.45) is 0 Å². The van der Waals surface area contributed by atoms with Crippen molar-refractivity contribution in [1.29, 1.82) is 0 Å². The van der Waals surface area contributed by atoms with Gasteiger partial charge in [-0.1, -0.05) is 206 Å². The van der Waals surface area contributed by atoms with E-state index in [2.05, 4.69) is 13.8 Å². The van der Waals surface area contributed by atoms with Crippen molar-refractivity contribution in [2.45, 2.75) is 284 Å². The zero-order valence-corrected chi connectivity index (χ0v) is 45.2. The Morgan fingerprint density at radius 3 is 0.955 bits per heavy atom. The highest BCUT2D eigenvalue weighted by atomic mass is 16.6. The molecule has 2 atom stereocenters. The van der Waals surface area contributed by atoms with Gasteiger partial charge >= 0.3 is 11.9 Å². The first-order valence-electron chi connectivity index (χ1n) is 28.8. The van der Waals surface area contributed by atoms with Crippen LogP contribution in [0.1, 0.15) is 272 Å². The molecule has 10 nitrogen and oxygen atoms in total. The molecule has 0 saturated carbocycles.